The fourth-order valence-electron chi connectivity index (χ4n) is 2.89. The number of ether oxygens (including phenoxy) is 1. The zero-order valence-corrected chi connectivity index (χ0v) is 14.6. The largest absolute Gasteiger partial charge is 0.463 e. The fourth-order valence-corrected chi connectivity index (χ4v) is 2.89. The number of nitrogens with zero attached hydrogens (tertiary/aromatic N) is 2. The van der Waals surface area contributed by atoms with Gasteiger partial charge in [-0.1, -0.05) is 30.3 Å². The summed E-state index contributed by atoms with van der Waals surface area (Å²) in [5, 5.41) is 9.58. The Balaban J connectivity index is 1.54. The monoisotopic (exact) mass is 380 g/mol. The lowest BCUT2D eigenvalue weighted by Gasteiger charge is -2.22. The van der Waals surface area contributed by atoms with Crippen LogP contribution in [0.2, 0.25) is 0 Å². The molecule has 3 heterocycles. The smallest absolute Gasteiger partial charge is 0.417 e. The minimum Gasteiger partial charge on any atom is -0.463 e. The van der Waals surface area contributed by atoms with Crippen molar-refractivity contribution < 1.29 is 23.5 Å². The summed E-state index contributed by atoms with van der Waals surface area (Å²) in [7, 11) is 0. The van der Waals surface area contributed by atoms with E-state index in [0.717, 1.165) is 10.5 Å². The standard InChI is InChI=1S/C19H16N4O5/c24-17-11-28-19(26)23(17)10-15(12-5-2-1-3-6-12)20-18(25)14-9-13(21-22-14)16-7-4-8-27-16/h1-9,15H,10-11H2,(H,20,25)(H,21,22)/t15-/m1/s1. The van der Waals surface area contributed by atoms with Crippen LogP contribution in [0.15, 0.2) is 59.2 Å². The number of nitrogens with one attached hydrogen (secondary N) is 2. The maximum absolute atomic E-state index is 12.7. The maximum atomic E-state index is 12.7. The van der Waals surface area contributed by atoms with Crippen LogP contribution in [-0.4, -0.2) is 46.2 Å². The minimum absolute atomic E-state index is 0.0388. The Kier molecular flexibility index (Phi) is 4.63. The topological polar surface area (TPSA) is 118 Å². The SMILES string of the molecule is O=C(N[C@H](CN1C(=O)COC1=O)c1ccccc1)c1cc(-c2ccco2)[nH]n1. The molecule has 2 aromatic heterocycles. The molecule has 1 aliphatic heterocycles. The van der Waals surface area contributed by atoms with E-state index in [0.29, 0.717) is 11.5 Å². The van der Waals surface area contributed by atoms with E-state index >= 15 is 0 Å². The van der Waals surface area contributed by atoms with Crippen molar-refractivity contribution in [3.05, 3.63) is 66.1 Å². The van der Waals surface area contributed by atoms with E-state index in [9.17, 15) is 14.4 Å². The first-order valence-electron chi connectivity index (χ1n) is 8.54. The van der Waals surface area contributed by atoms with Gasteiger partial charge in [0.05, 0.1) is 18.8 Å². The molecule has 0 aliphatic carbocycles. The highest BCUT2D eigenvalue weighted by Gasteiger charge is 2.34. The predicted molar refractivity (Wildman–Crippen MR) is 96.0 cm³/mol. The highest BCUT2D eigenvalue weighted by atomic mass is 16.6. The molecule has 1 saturated heterocycles. The van der Waals surface area contributed by atoms with Gasteiger partial charge in [-0.3, -0.25) is 14.7 Å². The average Bonchev–Trinajstić information content (AvgIpc) is 3.45. The molecule has 4 rings (SSSR count). The first kappa shape index (κ1) is 17.5. The van der Waals surface area contributed by atoms with Crippen molar-refractivity contribution in [3.8, 4) is 11.5 Å². The first-order valence-corrected chi connectivity index (χ1v) is 8.54. The lowest BCUT2D eigenvalue weighted by atomic mass is 10.1. The molecule has 0 spiro atoms. The number of carbonyl (C=O) groups excluding carboxylic acids is 3. The molecule has 142 valence electrons. The zero-order chi connectivity index (χ0) is 19.5. The summed E-state index contributed by atoms with van der Waals surface area (Å²) >= 11 is 0. The molecule has 1 atom stereocenters. The van der Waals surface area contributed by atoms with Crippen LogP contribution in [0.5, 0.6) is 0 Å². The Bertz CT molecular complexity index is 981. The summed E-state index contributed by atoms with van der Waals surface area (Å²) in [6, 6.07) is 13.5. The maximum Gasteiger partial charge on any atom is 0.417 e. The number of H-pyrrole nitrogens is 1. The molecular formula is C19H16N4O5. The van der Waals surface area contributed by atoms with Gasteiger partial charge in [0.1, 0.15) is 5.69 Å². The molecular weight excluding hydrogens is 364 g/mol. The summed E-state index contributed by atoms with van der Waals surface area (Å²) in [6.07, 6.45) is 0.799. The van der Waals surface area contributed by atoms with E-state index < -0.39 is 23.9 Å². The fraction of sp³-hybridized carbons (Fsp3) is 0.158. The van der Waals surface area contributed by atoms with Gasteiger partial charge in [0.25, 0.3) is 11.8 Å². The van der Waals surface area contributed by atoms with Gasteiger partial charge in [0, 0.05) is 6.07 Å². The van der Waals surface area contributed by atoms with E-state index in [4.69, 9.17) is 9.15 Å². The number of imide groups is 1. The van der Waals surface area contributed by atoms with Crippen molar-refractivity contribution in [2.24, 2.45) is 0 Å². The van der Waals surface area contributed by atoms with Crippen molar-refractivity contribution >= 4 is 17.9 Å². The number of hydrogen-bond acceptors (Lipinski definition) is 6. The zero-order valence-electron chi connectivity index (χ0n) is 14.6. The number of cyclic esters (lactones) is 1. The summed E-state index contributed by atoms with van der Waals surface area (Å²) in [4.78, 5) is 37.4. The number of carbonyl (C=O) groups is 3. The van der Waals surface area contributed by atoms with Gasteiger partial charge in [-0.2, -0.15) is 5.10 Å². The molecule has 28 heavy (non-hydrogen) atoms. The predicted octanol–water partition coefficient (Wildman–Crippen LogP) is 2.12. The quantitative estimate of drug-likeness (QED) is 0.676. The van der Waals surface area contributed by atoms with E-state index in [1.807, 2.05) is 18.2 Å². The lowest BCUT2D eigenvalue weighted by molar-refractivity contribution is -0.126. The third-order valence-corrected chi connectivity index (χ3v) is 4.31. The van der Waals surface area contributed by atoms with Crippen molar-refractivity contribution in [2.45, 2.75) is 6.04 Å². The highest BCUT2D eigenvalue weighted by Crippen LogP contribution is 2.20. The van der Waals surface area contributed by atoms with Crippen LogP contribution < -0.4 is 5.32 Å². The van der Waals surface area contributed by atoms with Crippen molar-refractivity contribution in [1.82, 2.24) is 20.4 Å². The Morgan fingerprint density at radius 3 is 2.71 bits per heavy atom. The number of rotatable bonds is 6. The highest BCUT2D eigenvalue weighted by molar-refractivity contribution is 5.98. The number of benzene rings is 1. The lowest BCUT2D eigenvalue weighted by Crippen LogP contribution is -2.40. The molecule has 0 saturated carbocycles. The summed E-state index contributed by atoms with van der Waals surface area (Å²) in [5.74, 6) is -0.348. The van der Waals surface area contributed by atoms with Crippen LogP contribution >= 0.6 is 0 Å². The van der Waals surface area contributed by atoms with E-state index in [-0.39, 0.29) is 18.8 Å². The van der Waals surface area contributed by atoms with E-state index in [2.05, 4.69) is 15.5 Å². The number of aromatic nitrogens is 2. The van der Waals surface area contributed by atoms with Gasteiger partial charge in [-0.15, -0.1) is 0 Å². The van der Waals surface area contributed by atoms with Gasteiger partial charge in [0.15, 0.2) is 18.1 Å². The summed E-state index contributed by atoms with van der Waals surface area (Å²) < 4.78 is 10.0. The van der Waals surface area contributed by atoms with Crippen LogP contribution in [-0.2, 0) is 9.53 Å². The normalized spacial score (nSPS) is 14.8. The number of amides is 3. The summed E-state index contributed by atoms with van der Waals surface area (Å²) in [6.45, 7) is -0.330. The molecule has 3 aromatic rings. The van der Waals surface area contributed by atoms with Crippen LogP contribution in [0, 0.1) is 0 Å². The molecule has 0 bridgehead atoms. The Morgan fingerprint density at radius 2 is 2.04 bits per heavy atom. The second-order valence-corrected chi connectivity index (χ2v) is 6.14. The van der Waals surface area contributed by atoms with Gasteiger partial charge >= 0.3 is 6.09 Å². The molecule has 9 heteroatoms. The van der Waals surface area contributed by atoms with Gasteiger partial charge in [-0.05, 0) is 17.7 Å². The third-order valence-electron chi connectivity index (χ3n) is 4.31. The Hall–Kier alpha value is -3.88. The van der Waals surface area contributed by atoms with E-state index in [1.54, 1.807) is 30.3 Å². The second-order valence-electron chi connectivity index (χ2n) is 6.14. The first-order chi connectivity index (χ1) is 13.6. The summed E-state index contributed by atoms with van der Waals surface area (Å²) in [5.41, 5.74) is 1.46. The van der Waals surface area contributed by atoms with Crippen molar-refractivity contribution in [3.63, 3.8) is 0 Å². The Labute approximate surface area is 159 Å². The van der Waals surface area contributed by atoms with E-state index in [1.165, 1.54) is 6.26 Å². The minimum atomic E-state index is -0.722. The second kappa shape index (κ2) is 7.39. The average molecular weight is 380 g/mol. The van der Waals surface area contributed by atoms with Crippen LogP contribution in [0.3, 0.4) is 0 Å². The van der Waals surface area contributed by atoms with Gasteiger partial charge < -0.3 is 14.5 Å². The molecule has 1 fully saturated rings. The van der Waals surface area contributed by atoms with Crippen molar-refractivity contribution in [1.29, 1.82) is 0 Å². The van der Waals surface area contributed by atoms with Crippen LogP contribution in [0.1, 0.15) is 22.1 Å². The van der Waals surface area contributed by atoms with Crippen LogP contribution in [0.25, 0.3) is 11.5 Å². The Morgan fingerprint density at radius 1 is 1.21 bits per heavy atom. The van der Waals surface area contributed by atoms with Crippen LogP contribution in [0.4, 0.5) is 4.79 Å². The number of furan rings is 1. The molecule has 1 aromatic carbocycles. The van der Waals surface area contributed by atoms with Crippen molar-refractivity contribution in [2.75, 3.05) is 13.2 Å². The molecule has 2 N–H and O–H groups in total. The molecule has 0 unspecified atom stereocenters. The number of aromatic amines is 1. The molecule has 1 aliphatic rings. The van der Waals surface area contributed by atoms with Gasteiger partial charge in [-0.25, -0.2) is 9.69 Å². The molecule has 0 radical (unpaired) electrons. The van der Waals surface area contributed by atoms with Gasteiger partial charge in [0.2, 0.25) is 0 Å². The number of hydrogen-bond donors (Lipinski definition) is 2. The molecule has 9 nitrogen and oxygen atoms in total. The third kappa shape index (κ3) is 3.50. The molecule has 3 amide bonds.